The zero-order valence-electron chi connectivity index (χ0n) is 27.6. The van der Waals surface area contributed by atoms with Crippen LogP contribution in [0.3, 0.4) is 0 Å². The molecule has 246 valence electrons. The van der Waals surface area contributed by atoms with Crippen molar-refractivity contribution in [2.24, 2.45) is 0 Å². The van der Waals surface area contributed by atoms with E-state index in [1.54, 1.807) is 0 Å². The smallest absolute Gasteiger partial charge is 0.261 e. The highest BCUT2D eigenvalue weighted by Gasteiger charge is 2.52. The third-order valence-corrected chi connectivity index (χ3v) is 14.3. The third kappa shape index (κ3) is 7.83. The zero-order valence-corrected chi connectivity index (χ0v) is 28.6. The third-order valence-electron chi connectivity index (χ3n) is 9.31. The summed E-state index contributed by atoms with van der Waals surface area (Å²) in [5.41, 5.74) is 2.19. The Balaban J connectivity index is 1.18. The minimum absolute atomic E-state index is 0.0109. The number of carbonyl (C=O) groups is 1. The fraction of sp³-hybridized carbons (Fsp3) is 0.375. The van der Waals surface area contributed by atoms with Crippen molar-refractivity contribution in [2.75, 3.05) is 13.2 Å². The second-order valence-electron chi connectivity index (χ2n) is 13.6. The summed E-state index contributed by atoms with van der Waals surface area (Å²) >= 11 is 0. The Morgan fingerprint density at radius 3 is 1.77 bits per heavy atom. The van der Waals surface area contributed by atoms with Crippen LogP contribution in [0.25, 0.3) is 0 Å². The van der Waals surface area contributed by atoms with Crippen molar-refractivity contribution >= 4 is 24.5 Å². The van der Waals surface area contributed by atoms with Crippen molar-refractivity contribution in [3.05, 3.63) is 132 Å². The largest absolute Gasteiger partial charge is 0.404 e. The molecule has 6 rings (SSSR count). The number of ketones is 1. The van der Waals surface area contributed by atoms with Gasteiger partial charge in [0.25, 0.3) is 8.32 Å². The number of hydrogen-bond donors (Lipinski definition) is 0. The molecule has 2 aliphatic rings. The molecule has 0 amide bonds. The quantitative estimate of drug-likeness (QED) is 0.169. The van der Waals surface area contributed by atoms with E-state index < -0.39 is 14.4 Å². The standard InChI is InChI=1S/C40H46O6Si/c1-40(2,3)47(32-20-12-6-13-21-32,33-22-14-7-15-23-33)44-29-38-34(41)24-36-37(45-38)25-35(43-27-31-18-10-5-11-19-31)39(46-36)28-42-26-30-16-8-4-9-17-30/h4-23,35-39H,24-29H2,1-3H3/t35-,36-,37+,38-,39+/m0/s1. The van der Waals surface area contributed by atoms with Crippen molar-refractivity contribution in [1.29, 1.82) is 0 Å². The van der Waals surface area contributed by atoms with Crippen LogP contribution in [0.15, 0.2) is 121 Å². The summed E-state index contributed by atoms with van der Waals surface area (Å²) in [6.07, 6.45) is -0.995. The van der Waals surface area contributed by atoms with Gasteiger partial charge in [0.15, 0.2) is 5.78 Å². The van der Waals surface area contributed by atoms with E-state index >= 15 is 0 Å². The van der Waals surface area contributed by atoms with Crippen LogP contribution in [-0.2, 0) is 41.4 Å². The molecule has 0 aromatic heterocycles. The maximum absolute atomic E-state index is 13.7. The molecule has 4 aromatic rings. The fourth-order valence-corrected chi connectivity index (χ4v) is 11.5. The molecule has 0 bridgehead atoms. The van der Waals surface area contributed by atoms with Crippen LogP contribution in [0.4, 0.5) is 0 Å². The molecule has 0 radical (unpaired) electrons. The van der Waals surface area contributed by atoms with E-state index in [0.29, 0.717) is 26.2 Å². The normalized spacial score (nSPS) is 23.3. The van der Waals surface area contributed by atoms with E-state index in [-0.39, 0.29) is 48.3 Å². The molecule has 0 N–H and O–H groups in total. The number of fused-ring (bicyclic) bond motifs is 1. The molecule has 5 atom stereocenters. The Morgan fingerprint density at radius 2 is 1.21 bits per heavy atom. The lowest BCUT2D eigenvalue weighted by molar-refractivity contribution is -0.236. The van der Waals surface area contributed by atoms with Crippen molar-refractivity contribution in [3.63, 3.8) is 0 Å². The van der Waals surface area contributed by atoms with Gasteiger partial charge >= 0.3 is 0 Å². The number of hydrogen-bond acceptors (Lipinski definition) is 6. The highest BCUT2D eigenvalue weighted by molar-refractivity contribution is 6.99. The van der Waals surface area contributed by atoms with Gasteiger partial charge in [-0.1, -0.05) is 142 Å². The van der Waals surface area contributed by atoms with Crippen molar-refractivity contribution in [3.8, 4) is 0 Å². The van der Waals surface area contributed by atoms with E-state index in [2.05, 4.69) is 81.4 Å². The van der Waals surface area contributed by atoms with E-state index in [1.807, 2.05) is 60.7 Å². The molecule has 47 heavy (non-hydrogen) atoms. The molecule has 6 nitrogen and oxygen atoms in total. The van der Waals surface area contributed by atoms with E-state index in [0.717, 1.165) is 11.1 Å². The second-order valence-corrected chi connectivity index (χ2v) is 17.9. The van der Waals surface area contributed by atoms with Crippen LogP contribution < -0.4 is 10.4 Å². The SMILES string of the molecule is CC(C)(C)[Si](OC[C@@H]1O[C@@H]2C[C@H](OCc3ccccc3)[C@@H](COCc3ccccc3)O[C@H]2CC1=O)(c1ccccc1)c1ccccc1. The average molecular weight is 651 g/mol. The van der Waals surface area contributed by atoms with Gasteiger partial charge < -0.3 is 23.4 Å². The van der Waals surface area contributed by atoms with E-state index in [1.165, 1.54) is 10.4 Å². The molecule has 0 unspecified atom stereocenters. The summed E-state index contributed by atoms with van der Waals surface area (Å²) in [5, 5.41) is 2.15. The van der Waals surface area contributed by atoms with Gasteiger partial charge in [0, 0.05) is 12.8 Å². The molecule has 2 saturated heterocycles. The minimum Gasteiger partial charge on any atom is -0.404 e. The van der Waals surface area contributed by atoms with Gasteiger partial charge in [-0.15, -0.1) is 0 Å². The average Bonchev–Trinajstić information content (AvgIpc) is 3.09. The van der Waals surface area contributed by atoms with Crippen molar-refractivity contribution in [1.82, 2.24) is 0 Å². The molecule has 2 heterocycles. The maximum Gasteiger partial charge on any atom is 0.261 e. The fourth-order valence-electron chi connectivity index (χ4n) is 6.93. The van der Waals surface area contributed by atoms with E-state index in [4.69, 9.17) is 23.4 Å². The van der Waals surface area contributed by atoms with Crippen LogP contribution in [0.2, 0.25) is 5.04 Å². The minimum atomic E-state index is -2.83. The van der Waals surface area contributed by atoms with Crippen molar-refractivity contribution < 1.29 is 28.2 Å². The Bertz CT molecular complexity index is 1500. The monoisotopic (exact) mass is 650 g/mol. The van der Waals surface area contributed by atoms with Crippen LogP contribution >= 0.6 is 0 Å². The summed E-state index contributed by atoms with van der Waals surface area (Å²) in [6, 6.07) is 41.2. The van der Waals surface area contributed by atoms with Gasteiger partial charge in [-0.3, -0.25) is 4.79 Å². The first-order chi connectivity index (χ1) is 22.8. The van der Waals surface area contributed by atoms with Gasteiger partial charge in [0.1, 0.15) is 12.2 Å². The zero-order chi connectivity index (χ0) is 32.7. The first-order valence-electron chi connectivity index (χ1n) is 16.7. The number of carbonyl (C=O) groups excluding carboxylic acids is 1. The van der Waals surface area contributed by atoms with Gasteiger partial charge in [0.05, 0.1) is 44.7 Å². The summed E-state index contributed by atoms with van der Waals surface area (Å²) in [7, 11) is -2.83. The van der Waals surface area contributed by atoms with Gasteiger partial charge in [-0.2, -0.15) is 0 Å². The molecule has 0 spiro atoms. The molecule has 2 fully saturated rings. The molecular formula is C40H46O6Si. The number of Topliss-reactive ketones (excluding diaryl/α,β-unsaturated/α-hetero) is 1. The lowest BCUT2D eigenvalue weighted by Gasteiger charge is -2.46. The lowest BCUT2D eigenvalue weighted by atomic mass is 9.91. The number of benzene rings is 4. The van der Waals surface area contributed by atoms with Gasteiger partial charge in [-0.25, -0.2) is 0 Å². The Hall–Kier alpha value is -3.43. The van der Waals surface area contributed by atoms with Crippen LogP contribution in [0, 0.1) is 0 Å². The summed E-state index contributed by atoms with van der Waals surface area (Å²) < 4.78 is 32.8. The summed E-state index contributed by atoms with van der Waals surface area (Å²) in [6.45, 7) is 8.21. The first kappa shape index (κ1) is 33.5. The highest BCUT2D eigenvalue weighted by Crippen LogP contribution is 2.38. The van der Waals surface area contributed by atoms with E-state index in [9.17, 15) is 4.79 Å². The Kier molecular flexibility index (Phi) is 10.8. The number of rotatable bonds is 12. The second kappa shape index (κ2) is 15.2. The van der Waals surface area contributed by atoms with Crippen LogP contribution in [-0.4, -0.2) is 57.8 Å². The topological polar surface area (TPSA) is 63.2 Å². The van der Waals surface area contributed by atoms with Crippen molar-refractivity contribution in [2.45, 2.75) is 82.4 Å². The molecule has 0 aliphatic carbocycles. The summed E-state index contributed by atoms with van der Waals surface area (Å²) in [5.74, 6) is 0.0109. The molecule has 0 saturated carbocycles. The Labute approximate surface area is 280 Å². The molecule has 2 aliphatic heterocycles. The van der Waals surface area contributed by atoms with Crippen LogP contribution in [0.1, 0.15) is 44.7 Å². The molecule has 4 aromatic carbocycles. The predicted molar refractivity (Wildman–Crippen MR) is 186 cm³/mol. The number of ether oxygens (including phenoxy) is 4. The first-order valence-corrected chi connectivity index (χ1v) is 18.6. The van der Waals surface area contributed by atoms with Gasteiger partial charge in [0.2, 0.25) is 0 Å². The molecular weight excluding hydrogens is 605 g/mol. The summed E-state index contributed by atoms with van der Waals surface area (Å²) in [4.78, 5) is 13.7. The highest BCUT2D eigenvalue weighted by atomic mass is 28.4. The maximum atomic E-state index is 13.7. The lowest BCUT2D eigenvalue weighted by Crippen LogP contribution is -2.67. The van der Waals surface area contributed by atoms with Crippen LogP contribution in [0.5, 0.6) is 0 Å². The molecule has 7 heteroatoms. The Morgan fingerprint density at radius 1 is 0.681 bits per heavy atom. The predicted octanol–water partition coefficient (Wildman–Crippen LogP) is 6.25. The van der Waals surface area contributed by atoms with Gasteiger partial charge in [-0.05, 0) is 26.5 Å².